The van der Waals surface area contributed by atoms with Crippen LogP contribution in [0, 0.1) is 0 Å². The molecular formula is C7H11NOS3. The zero-order valence-corrected chi connectivity index (χ0v) is 9.74. The third-order valence-electron chi connectivity index (χ3n) is 1.63. The highest BCUT2D eigenvalue weighted by atomic mass is 32.2. The lowest BCUT2D eigenvalue weighted by Crippen LogP contribution is -2.41. The van der Waals surface area contributed by atoms with Gasteiger partial charge in [0.15, 0.2) is 0 Å². The van der Waals surface area contributed by atoms with E-state index < -0.39 is 0 Å². The lowest BCUT2D eigenvalue weighted by Gasteiger charge is -2.23. The van der Waals surface area contributed by atoms with Crippen LogP contribution in [-0.2, 0) is 4.79 Å². The van der Waals surface area contributed by atoms with Gasteiger partial charge in [0.25, 0.3) is 0 Å². The van der Waals surface area contributed by atoms with Gasteiger partial charge in [0.2, 0.25) is 5.91 Å². The third-order valence-corrected chi connectivity index (χ3v) is 4.92. The van der Waals surface area contributed by atoms with Gasteiger partial charge in [0, 0.05) is 19.8 Å². The van der Waals surface area contributed by atoms with Gasteiger partial charge in [-0.25, -0.2) is 0 Å². The molecule has 0 aromatic heterocycles. The Morgan fingerprint density at radius 1 is 1.67 bits per heavy atom. The minimum absolute atomic E-state index is 0.153. The summed E-state index contributed by atoms with van der Waals surface area (Å²) in [5, 5.41) is 0. The average Bonchev–Trinajstić information content (AvgIpc) is 2.31. The molecule has 0 spiro atoms. The van der Waals surface area contributed by atoms with E-state index >= 15 is 0 Å². The summed E-state index contributed by atoms with van der Waals surface area (Å²) in [6, 6.07) is 0. The summed E-state index contributed by atoms with van der Waals surface area (Å²) in [6.45, 7) is 1.95. The van der Waals surface area contributed by atoms with E-state index in [1.54, 1.807) is 30.8 Å². The second-order valence-electron chi connectivity index (χ2n) is 3.07. The first-order valence-electron chi connectivity index (χ1n) is 3.53. The van der Waals surface area contributed by atoms with Crippen molar-refractivity contribution in [2.75, 3.05) is 19.8 Å². The smallest absolute Gasteiger partial charge is 0.239 e. The molecule has 0 unspecified atom stereocenters. The molecule has 2 nitrogen and oxygen atoms in total. The van der Waals surface area contributed by atoms with E-state index in [2.05, 4.69) is 0 Å². The molecule has 0 aliphatic carbocycles. The molecule has 68 valence electrons. The van der Waals surface area contributed by atoms with Crippen molar-refractivity contribution in [1.82, 2.24) is 4.90 Å². The number of hydrogen-bond acceptors (Lipinski definition) is 4. The highest BCUT2D eigenvalue weighted by molar-refractivity contribution is 8.50. The first-order chi connectivity index (χ1) is 5.46. The van der Waals surface area contributed by atoms with Gasteiger partial charge in [-0.1, -0.05) is 24.0 Å². The number of carbonyl (C=O) groups excluding carboxylic acids is 1. The molecule has 0 N–H and O–H groups in total. The SMILES string of the molecule is CN(C)C(=O)[C@]1(C)CSC(=S)S1. The maximum Gasteiger partial charge on any atom is 0.239 e. The van der Waals surface area contributed by atoms with Gasteiger partial charge in [0.1, 0.15) is 8.28 Å². The Balaban J connectivity index is 2.73. The van der Waals surface area contributed by atoms with Crippen LogP contribution in [0.2, 0.25) is 0 Å². The van der Waals surface area contributed by atoms with Crippen LogP contribution in [0.4, 0.5) is 0 Å². The van der Waals surface area contributed by atoms with Crippen molar-refractivity contribution in [3.8, 4) is 0 Å². The van der Waals surface area contributed by atoms with E-state index in [0.29, 0.717) is 0 Å². The molecule has 1 amide bonds. The molecule has 1 rings (SSSR count). The average molecular weight is 221 g/mol. The van der Waals surface area contributed by atoms with Gasteiger partial charge >= 0.3 is 0 Å². The molecule has 0 bridgehead atoms. The monoisotopic (exact) mass is 221 g/mol. The van der Waals surface area contributed by atoms with Crippen molar-refractivity contribution in [1.29, 1.82) is 0 Å². The fourth-order valence-electron chi connectivity index (χ4n) is 1.02. The lowest BCUT2D eigenvalue weighted by molar-refractivity contribution is -0.130. The molecule has 5 heteroatoms. The van der Waals surface area contributed by atoms with E-state index in [9.17, 15) is 4.79 Å². The van der Waals surface area contributed by atoms with E-state index in [1.165, 1.54) is 11.8 Å². The van der Waals surface area contributed by atoms with E-state index in [4.69, 9.17) is 12.2 Å². The summed E-state index contributed by atoms with van der Waals surface area (Å²) < 4.78 is 0.554. The van der Waals surface area contributed by atoms with Crippen molar-refractivity contribution in [3.63, 3.8) is 0 Å². The van der Waals surface area contributed by atoms with Crippen LogP contribution in [0.3, 0.4) is 0 Å². The number of amides is 1. The molecule has 0 radical (unpaired) electrons. The zero-order chi connectivity index (χ0) is 9.35. The van der Waals surface area contributed by atoms with Gasteiger partial charge in [-0.3, -0.25) is 4.79 Å². The van der Waals surface area contributed by atoms with Crippen LogP contribution in [0.1, 0.15) is 6.92 Å². The third kappa shape index (κ3) is 1.95. The van der Waals surface area contributed by atoms with Crippen molar-refractivity contribution in [2.45, 2.75) is 11.7 Å². The Hall–Kier alpha value is 0.260. The molecular weight excluding hydrogens is 210 g/mol. The lowest BCUT2D eigenvalue weighted by atomic mass is 10.2. The van der Waals surface area contributed by atoms with E-state index in [0.717, 1.165) is 9.28 Å². The number of thioether (sulfide) groups is 2. The summed E-state index contributed by atoms with van der Waals surface area (Å²) >= 11 is 8.13. The summed E-state index contributed by atoms with van der Waals surface area (Å²) in [7, 11) is 3.56. The van der Waals surface area contributed by atoms with Crippen molar-refractivity contribution in [2.24, 2.45) is 0 Å². The molecule has 1 atom stereocenters. The number of thiocarbonyl (C=S) groups is 1. The zero-order valence-electron chi connectivity index (χ0n) is 7.29. The molecule has 0 aromatic rings. The number of rotatable bonds is 1. The molecule has 0 saturated carbocycles. The number of carbonyl (C=O) groups is 1. The minimum Gasteiger partial charge on any atom is -0.348 e. The van der Waals surface area contributed by atoms with E-state index in [-0.39, 0.29) is 10.7 Å². The molecule has 12 heavy (non-hydrogen) atoms. The van der Waals surface area contributed by atoms with Crippen LogP contribution in [-0.4, -0.2) is 38.9 Å². The number of hydrogen-bond donors (Lipinski definition) is 0. The largest absolute Gasteiger partial charge is 0.348 e. The van der Waals surface area contributed by atoms with Gasteiger partial charge in [-0.2, -0.15) is 0 Å². The van der Waals surface area contributed by atoms with Gasteiger partial charge in [0.05, 0.1) is 0 Å². The predicted molar refractivity (Wildman–Crippen MR) is 59.7 cm³/mol. The topological polar surface area (TPSA) is 20.3 Å². The Kier molecular flexibility index (Phi) is 3.06. The highest BCUT2D eigenvalue weighted by Gasteiger charge is 2.41. The van der Waals surface area contributed by atoms with Crippen LogP contribution < -0.4 is 0 Å². The molecule has 1 aliphatic rings. The highest BCUT2D eigenvalue weighted by Crippen LogP contribution is 2.42. The summed E-state index contributed by atoms with van der Waals surface area (Å²) in [5.41, 5.74) is 0. The first kappa shape index (κ1) is 10.3. The Morgan fingerprint density at radius 2 is 2.25 bits per heavy atom. The molecule has 1 aliphatic heterocycles. The van der Waals surface area contributed by atoms with Gasteiger partial charge in [-0.05, 0) is 6.92 Å². The maximum atomic E-state index is 11.6. The van der Waals surface area contributed by atoms with Crippen molar-refractivity contribution < 1.29 is 4.79 Å². The van der Waals surface area contributed by atoms with Crippen molar-refractivity contribution >= 4 is 45.2 Å². The minimum atomic E-state index is -0.328. The molecule has 1 heterocycles. The fraction of sp³-hybridized carbons (Fsp3) is 0.714. The molecule has 1 fully saturated rings. The van der Waals surface area contributed by atoms with Crippen LogP contribution in [0.5, 0.6) is 0 Å². The normalized spacial score (nSPS) is 29.1. The standard InChI is InChI=1S/C7H11NOS3/c1-7(5(9)8(2)3)4-11-6(10)12-7/h4H2,1-3H3/t7-/m0/s1. The van der Waals surface area contributed by atoms with Crippen LogP contribution >= 0.6 is 35.7 Å². The first-order valence-corrected chi connectivity index (χ1v) is 5.74. The molecule has 1 saturated heterocycles. The van der Waals surface area contributed by atoms with E-state index in [1.807, 2.05) is 6.92 Å². The second-order valence-corrected chi connectivity index (χ2v) is 6.75. The quantitative estimate of drug-likeness (QED) is 0.627. The van der Waals surface area contributed by atoms with Gasteiger partial charge < -0.3 is 4.90 Å². The summed E-state index contributed by atoms with van der Waals surface area (Å²) in [6.07, 6.45) is 0. The maximum absolute atomic E-state index is 11.6. The summed E-state index contributed by atoms with van der Waals surface area (Å²) in [5.74, 6) is 0.952. The number of nitrogens with zero attached hydrogens (tertiary/aromatic N) is 1. The predicted octanol–water partition coefficient (Wildman–Crippen LogP) is 1.60. The van der Waals surface area contributed by atoms with Crippen LogP contribution in [0.15, 0.2) is 0 Å². The van der Waals surface area contributed by atoms with Crippen LogP contribution in [0.25, 0.3) is 0 Å². The Labute approximate surface area is 86.4 Å². The molecule has 0 aromatic carbocycles. The summed E-state index contributed by atoms with van der Waals surface area (Å²) in [4.78, 5) is 13.3. The fourth-order valence-corrected chi connectivity index (χ4v) is 4.28. The van der Waals surface area contributed by atoms with Gasteiger partial charge in [-0.15, -0.1) is 11.8 Å². The van der Waals surface area contributed by atoms with Crippen molar-refractivity contribution in [3.05, 3.63) is 0 Å². The Bertz CT molecular complexity index is 229. The Morgan fingerprint density at radius 3 is 2.58 bits per heavy atom. The second kappa shape index (κ2) is 3.55.